The van der Waals surface area contributed by atoms with Crippen LogP contribution in [-0.4, -0.2) is 19.5 Å². The first kappa shape index (κ1) is 39.2. The van der Waals surface area contributed by atoms with Gasteiger partial charge in [0.15, 0.2) is 17.5 Å². The molecule has 9 aromatic rings. The van der Waals surface area contributed by atoms with Gasteiger partial charge in [0.1, 0.15) is 0 Å². The van der Waals surface area contributed by atoms with Crippen molar-refractivity contribution in [3.63, 3.8) is 0 Å². The van der Waals surface area contributed by atoms with Crippen molar-refractivity contribution in [1.29, 1.82) is 0 Å². The molecule has 13 heteroatoms. The minimum Gasteiger partial charge on any atom is -0.309 e. The standard InChI is InChI=1S/C48H27F9N4/c49-46(50,51)33-15-9-14-31(22-33)40-27-36(19-21-39(40)45-59-43(28-10-3-1-4-11-28)58-44(60-45)29-12-5-2-6-13-29)61-41-17-8-7-16-37(41)38-20-18-30(25-42(38)61)32-23-34(47(52,53)54)26-35(24-32)48(55,56)57/h1-27H. The number of benzene rings is 7. The Morgan fingerprint density at radius 2 is 0.852 bits per heavy atom. The molecule has 7 aromatic carbocycles. The van der Waals surface area contributed by atoms with Gasteiger partial charge >= 0.3 is 18.5 Å². The van der Waals surface area contributed by atoms with Crippen molar-refractivity contribution in [1.82, 2.24) is 19.5 Å². The van der Waals surface area contributed by atoms with E-state index in [4.69, 9.17) is 15.0 Å². The van der Waals surface area contributed by atoms with Gasteiger partial charge in [0, 0.05) is 33.2 Å². The van der Waals surface area contributed by atoms with E-state index >= 15 is 0 Å². The van der Waals surface area contributed by atoms with Gasteiger partial charge in [-0.3, -0.25) is 0 Å². The summed E-state index contributed by atoms with van der Waals surface area (Å²) >= 11 is 0. The molecule has 0 unspecified atom stereocenters. The first-order chi connectivity index (χ1) is 29.1. The van der Waals surface area contributed by atoms with Gasteiger partial charge in [0.25, 0.3) is 0 Å². The van der Waals surface area contributed by atoms with Crippen LogP contribution in [0.5, 0.6) is 0 Å². The monoisotopic (exact) mass is 830 g/mol. The fourth-order valence-electron chi connectivity index (χ4n) is 7.45. The Hall–Kier alpha value is -7.28. The molecule has 0 bridgehead atoms. The largest absolute Gasteiger partial charge is 0.416 e. The van der Waals surface area contributed by atoms with Gasteiger partial charge in [0.2, 0.25) is 0 Å². The molecule has 302 valence electrons. The van der Waals surface area contributed by atoms with Crippen LogP contribution in [0, 0.1) is 0 Å². The first-order valence-corrected chi connectivity index (χ1v) is 18.6. The number of alkyl halides is 9. The Balaban J connectivity index is 1.30. The summed E-state index contributed by atoms with van der Waals surface area (Å²) < 4.78 is 128. The second-order valence-corrected chi connectivity index (χ2v) is 14.2. The Morgan fingerprint density at radius 1 is 0.328 bits per heavy atom. The lowest BCUT2D eigenvalue weighted by Crippen LogP contribution is -2.11. The highest BCUT2D eigenvalue weighted by atomic mass is 19.4. The van der Waals surface area contributed by atoms with E-state index in [9.17, 15) is 39.5 Å². The van der Waals surface area contributed by atoms with Gasteiger partial charge < -0.3 is 4.57 Å². The van der Waals surface area contributed by atoms with Crippen molar-refractivity contribution in [2.45, 2.75) is 18.5 Å². The third-order valence-electron chi connectivity index (χ3n) is 10.3. The van der Waals surface area contributed by atoms with Crippen LogP contribution in [0.1, 0.15) is 16.7 Å². The molecule has 0 aliphatic carbocycles. The maximum absolute atomic E-state index is 14.2. The summed E-state index contributed by atoms with van der Waals surface area (Å²) in [5.41, 5.74) is -0.364. The lowest BCUT2D eigenvalue weighted by Gasteiger charge is -2.17. The minimum absolute atomic E-state index is 0.0774. The Bertz CT molecular complexity index is 3010. The van der Waals surface area contributed by atoms with Crippen LogP contribution in [0.25, 0.3) is 83.9 Å². The molecular weight excluding hydrogens is 804 g/mol. The topological polar surface area (TPSA) is 43.6 Å². The molecule has 0 spiro atoms. The molecule has 0 amide bonds. The molecule has 0 aliphatic rings. The molecule has 0 saturated heterocycles. The molecule has 4 nitrogen and oxygen atoms in total. The van der Waals surface area contributed by atoms with E-state index in [1.165, 1.54) is 24.3 Å². The molecule has 2 aromatic heterocycles. The van der Waals surface area contributed by atoms with Gasteiger partial charge in [-0.2, -0.15) is 39.5 Å². The van der Waals surface area contributed by atoms with E-state index in [-0.39, 0.29) is 28.6 Å². The van der Waals surface area contributed by atoms with Gasteiger partial charge in [-0.25, -0.2) is 15.0 Å². The molecule has 0 saturated carbocycles. The van der Waals surface area contributed by atoms with Gasteiger partial charge in [-0.15, -0.1) is 0 Å². The zero-order valence-electron chi connectivity index (χ0n) is 31.3. The zero-order chi connectivity index (χ0) is 42.7. The third-order valence-corrected chi connectivity index (χ3v) is 10.3. The van der Waals surface area contributed by atoms with Crippen LogP contribution in [0.4, 0.5) is 39.5 Å². The van der Waals surface area contributed by atoms with Crippen LogP contribution < -0.4 is 0 Å². The maximum atomic E-state index is 14.2. The summed E-state index contributed by atoms with van der Waals surface area (Å²) in [5, 5.41) is 1.34. The lowest BCUT2D eigenvalue weighted by molar-refractivity contribution is -0.143. The molecule has 0 fully saturated rings. The van der Waals surface area contributed by atoms with Crippen LogP contribution >= 0.6 is 0 Å². The summed E-state index contributed by atoms with van der Waals surface area (Å²) in [6.45, 7) is 0. The highest BCUT2D eigenvalue weighted by Crippen LogP contribution is 2.43. The van der Waals surface area contributed by atoms with Crippen molar-refractivity contribution >= 4 is 21.8 Å². The molecule has 0 aliphatic heterocycles. The summed E-state index contributed by atoms with van der Waals surface area (Å²) in [7, 11) is 0. The number of hydrogen-bond acceptors (Lipinski definition) is 3. The summed E-state index contributed by atoms with van der Waals surface area (Å²) in [6.07, 6.45) is -14.8. The van der Waals surface area contributed by atoms with E-state index in [0.29, 0.717) is 73.5 Å². The highest BCUT2D eigenvalue weighted by Gasteiger charge is 2.37. The predicted octanol–water partition coefficient (Wildman–Crippen LogP) is 14.4. The molecule has 9 rings (SSSR count). The van der Waals surface area contributed by atoms with Gasteiger partial charge in [0.05, 0.1) is 27.7 Å². The lowest BCUT2D eigenvalue weighted by atomic mass is 9.96. The summed E-state index contributed by atoms with van der Waals surface area (Å²) in [6, 6.07) is 41.3. The van der Waals surface area contributed by atoms with E-state index in [0.717, 1.165) is 12.1 Å². The SMILES string of the molecule is FC(F)(F)c1cccc(-c2cc(-n3c4ccccc4c4ccc(-c5cc(C(F)(F)F)cc(C(F)(F)F)c5)cc43)ccc2-c2nc(-c3ccccc3)nc(-c3ccccc3)n2)c1. The minimum atomic E-state index is -5.06. The van der Waals surface area contributed by atoms with E-state index in [2.05, 4.69) is 0 Å². The Labute approximate surface area is 341 Å². The molecule has 0 atom stereocenters. The molecule has 61 heavy (non-hydrogen) atoms. The van der Waals surface area contributed by atoms with Crippen LogP contribution in [0.3, 0.4) is 0 Å². The summed E-state index contributed by atoms with van der Waals surface area (Å²) in [5.74, 6) is 0.810. The first-order valence-electron chi connectivity index (χ1n) is 18.6. The second kappa shape index (κ2) is 14.8. The van der Waals surface area contributed by atoms with Crippen molar-refractivity contribution < 1.29 is 39.5 Å². The van der Waals surface area contributed by atoms with Crippen molar-refractivity contribution in [3.8, 4) is 62.1 Å². The van der Waals surface area contributed by atoms with Crippen LogP contribution in [0.2, 0.25) is 0 Å². The highest BCUT2D eigenvalue weighted by molar-refractivity contribution is 6.10. The van der Waals surface area contributed by atoms with Crippen molar-refractivity contribution in [3.05, 3.63) is 180 Å². The average molecular weight is 831 g/mol. The molecule has 0 N–H and O–H groups in total. The Kier molecular flexibility index (Phi) is 9.49. The molecular formula is C48H27F9N4. The summed E-state index contributed by atoms with van der Waals surface area (Å²) in [4.78, 5) is 14.4. The number of nitrogens with zero attached hydrogens (tertiary/aromatic N) is 4. The number of halogens is 9. The predicted molar refractivity (Wildman–Crippen MR) is 216 cm³/mol. The number of aromatic nitrogens is 4. The van der Waals surface area contributed by atoms with Crippen molar-refractivity contribution in [2.75, 3.05) is 0 Å². The fraction of sp³-hybridized carbons (Fsp3) is 0.0625. The molecule has 2 heterocycles. The van der Waals surface area contributed by atoms with E-state index < -0.39 is 35.2 Å². The smallest absolute Gasteiger partial charge is 0.309 e. The number of rotatable bonds is 6. The quantitative estimate of drug-likeness (QED) is 0.157. The molecule has 0 radical (unpaired) electrons. The van der Waals surface area contributed by atoms with Crippen LogP contribution in [0.15, 0.2) is 164 Å². The number of fused-ring (bicyclic) bond motifs is 3. The van der Waals surface area contributed by atoms with Gasteiger partial charge in [-0.05, 0) is 82.9 Å². The number of para-hydroxylation sites is 1. The van der Waals surface area contributed by atoms with Gasteiger partial charge in [-0.1, -0.05) is 103 Å². The normalized spacial score (nSPS) is 12.3. The fourth-order valence-corrected chi connectivity index (χ4v) is 7.45. The van der Waals surface area contributed by atoms with E-state index in [1.54, 1.807) is 47.0 Å². The number of hydrogen-bond donors (Lipinski definition) is 0. The average Bonchev–Trinajstić information content (AvgIpc) is 3.59. The third kappa shape index (κ3) is 7.58. The van der Waals surface area contributed by atoms with E-state index in [1.807, 2.05) is 66.7 Å². The Morgan fingerprint density at radius 3 is 1.46 bits per heavy atom. The van der Waals surface area contributed by atoms with Crippen LogP contribution in [-0.2, 0) is 18.5 Å². The maximum Gasteiger partial charge on any atom is 0.416 e. The van der Waals surface area contributed by atoms with Crippen molar-refractivity contribution in [2.24, 2.45) is 0 Å². The zero-order valence-corrected chi connectivity index (χ0v) is 31.3. The second-order valence-electron chi connectivity index (χ2n) is 14.2.